The van der Waals surface area contributed by atoms with Gasteiger partial charge in [-0.05, 0) is 65.8 Å². The molecule has 3 heterocycles. The Morgan fingerprint density at radius 2 is 1.48 bits per heavy atom. The van der Waals surface area contributed by atoms with E-state index in [2.05, 4.69) is 94.2 Å². The highest BCUT2D eigenvalue weighted by Crippen LogP contribution is 2.41. The number of aliphatic hydroxyl groups is 1. The summed E-state index contributed by atoms with van der Waals surface area (Å²) in [5.41, 5.74) is 5.53. The van der Waals surface area contributed by atoms with Crippen LogP contribution in [0.1, 0.15) is 35.4 Å². The van der Waals surface area contributed by atoms with Gasteiger partial charge >= 0.3 is 0 Å². The number of para-hydroxylation sites is 2. The number of nitrogens with zero attached hydrogens (tertiary/aromatic N) is 4. The molecule has 2 aliphatic heterocycles. The quantitative estimate of drug-likeness (QED) is 0.200. The molecule has 6 nitrogen and oxygen atoms in total. The largest absolute Gasteiger partial charge is 0.392 e. The molecule has 0 aliphatic carbocycles. The molecule has 0 bridgehead atoms. The number of hydrogen-bond acceptors (Lipinski definition) is 7. The van der Waals surface area contributed by atoms with Crippen molar-refractivity contribution in [3.63, 3.8) is 0 Å². The normalized spacial score (nSPS) is 16.6. The number of hydrogen-bond donors (Lipinski definition) is 2. The number of aromatic nitrogens is 2. The van der Waals surface area contributed by atoms with E-state index in [0.717, 1.165) is 69.3 Å². The summed E-state index contributed by atoms with van der Waals surface area (Å²) in [5, 5.41) is 14.4. The summed E-state index contributed by atoms with van der Waals surface area (Å²) in [7, 11) is 0. The predicted molar refractivity (Wildman–Crippen MR) is 172 cm³/mol. The molecule has 1 aromatic heterocycles. The van der Waals surface area contributed by atoms with E-state index in [0.29, 0.717) is 24.3 Å². The zero-order valence-electron chi connectivity index (χ0n) is 23.4. The van der Waals surface area contributed by atoms with Crippen molar-refractivity contribution >= 4 is 46.3 Å². The molecule has 1 saturated heterocycles. The Morgan fingerprint density at radius 1 is 0.786 bits per heavy atom. The zero-order chi connectivity index (χ0) is 28.3. The van der Waals surface area contributed by atoms with Crippen molar-refractivity contribution in [1.29, 1.82) is 0 Å². The molecule has 2 N–H and O–H groups in total. The highest BCUT2D eigenvalue weighted by atomic mass is 32.2. The average Bonchev–Trinajstić information content (AvgIpc) is 3.49. The van der Waals surface area contributed by atoms with Crippen molar-refractivity contribution in [3.05, 3.63) is 114 Å². The molecule has 0 radical (unpaired) electrons. The minimum atomic E-state index is 0.0239. The molecule has 7 heteroatoms. The molecule has 1 unspecified atom stereocenters. The highest BCUT2D eigenvalue weighted by Gasteiger charge is 2.31. The van der Waals surface area contributed by atoms with Crippen LogP contribution in [0.4, 0.5) is 17.5 Å². The van der Waals surface area contributed by atoms with Crippen molar-refractivity contribution in [1.82, 2.24) is 9.97 Å². The van der Waals surface area contributed by atoms with Gasteiger partial charge in [-0.25, -0.2) is 4.98 Å². The van der Waals surface area contributed by atoms with Crippen LogP contribution in [0.5, 0.6) is 0 Å². The second-order valence-corrected chi connectivity index (χ2v) is 12.0. The van der Waals surface area contributed by atoms with Crippen LogP contribution < -0.4 is 10.2 Å². The first-order valence-electron chi connectivity index (χ1n) is 14.6. The van der Waals surface area contributed by atoms with E-state index < -0.39 is 0 Å². The number of fused-ring (bicyclic) bond motifs is 2. The minimum absolute atomic E-state index is 0.0239. The number of nitrogens with one attached hydrogen (secondary N) is 1. The lowest BCUT2D eigenvalue weighted by atomic mass is 9.81. The summed E-state index contributed by atoms with van der Waals surface area (Å²) in [6, 6.07) is 33.2. The molecular formula is C35H33N5OS. The Morgan fingerprint density at radius 3 is 2.31 bits per heavy atom. The third-order valence-corrected chi connectivity index (χ3v) is 9.61. The Balaban J connectivity index is 1.09. The van der Waals surface area contributed by atoms with E-state index in [1.165, 1.54) is 5.56 Å². The monoisotopic (exact) mass is 571 g/mol. The minimum Gasteiger partial charge on any atom is -0.392 e. The van der Waals surface area contributed by atoms with Crippen LogP contribution in [-0.2, 0) is 13.2 Å². The Kier molecular flexibility index (Phi) is 7.60. The van der Waals surface area contributed by atoms with Gasteiger partial charge in [0.25, 0.3) is 0 Å². The van der Waals surface area contributed by atoms with Gasteiger partial charge in [0, 0.05) is 46.9 Å². The molecule has 0 spiro atoms. The first-order valence-corrected chi connectivity index (χ1v) is 15.4. The summed E-state index contributed by atoms with van der Waals surface area (Å²) >= 11 is 1.68. The van der Waals surface area contributed by atoms with E-state index in [4.69, 9.17) is 9.97 Å². The van der Waals surface area contributed by atoms with Crippen LogP contribution in [0, 0.1) is 5.92 Å². The molecule has 42 heavy (non-hydrogen) atoms. The van der Waals surface area contributed by atoms with Gasteiger partial charge in [0.1, 0.15) is 5.82 Å². The summed E-state index contributed by atoms with van der Waals surface area (Å²) < 4.78 is 0. The maximum atomic E-state index is 9.79. The van der Waals surface area contributed by atoms with Crippen molar-refractivity contribution in [3.8, 4) is 0 Å². The average molecular weight is 572 g/mol. The van der Waals surface area contributed by atoms with Gasteiger partial charge < -0.3 is 15.3 Å². The van der Waals surface area contributed by atoms with Crippen LogP contribution in [0.3, 0.4) is 0 Å². The standard InChI is InChI=1S/C35H33N5OS/c41-23-26-10-2-8-16-33(26)42-32-15-7-1-9-25(32)21-37-35-38-31-14-6-4-12-28(31)34(39-35)40-19-17-24(18-20-40)29-22-36-30-13-5-3-11-27(29)30/h1-16,22,24,29,41H,17-21,23H2,(H,37,38,39). The Labute approximate surface area is 250 Å². The number of rotatable bonds is 8. The molecule has 7 rings (SSSR count). The summed E-state index contributed by atoms with van der Waals surface area (Å²) in [5.74, 6) is 2.63. The van der Waals surface area contributed by atoms with Gasteiger partial charge in [-0.1, -0.05) is 78.5 Å². The highest BCUT2D eigenvalue weighted by molar-refractivity contribution is 7.99. The van der Waals surface area contributed by atoms with E-state index in [1.54, 1.807) is 11.8 Å². The third-order valence-electron chi connectivity index (χ3n) is 8.37. The van der Waals surface area contributed by atoms with Crippen molar-refractivity contribution in [2.45, 2.75) is 41.7 Å². The summed E-state index contributed by atoms with van der Waals surface area (Å²) in [6.45, 7) is 2.55. The lowest BCUT2D eigenvalue weighted by molar-refractivity contribution is 0.279. The lowest BCUT2D eigenvalue weighted by Crippen LogP contribution is -2.36. The maximum absolute atomic E-state index is 9.79. The molecule has 0 saturated carbocycles. The SMILES string of the molecule is OCc1ccccc1Sc1ccccc1CNc1nc(N2CCC(C3C=Nc4ccccc43)CC2)c2ccccc2n1. The maximum Gasteiger partial charge on any atom is 0.225 e. The molecule has 2 aliphatic rings. The van der Waals surface area contributed by atoms with E-state index in [-0.39, 0.29) is 6.61 Å². The van der Waals surface area contributed by atoms with Crippen molar-refractivity contribution in [2.75, 3.05) is 23.3 Å². The topological polar surface area (TPSA) is 73.6 Å². The second kappa shape index (κ2) is 12.0. The van der Waals surface area contributed by atoms with Gasteiger partial charge in [-0.2, -0.15) is 4.98 Å². The fourth-order valence-electron chi connectivity index (χ4n) is 6.13. The summed E-state index contributed by atoms with van der Waals surface area (Å²) in [4.78, 5) is 19.3. The Bertz CT molecular complexity index is 1750. The van der Waals surface area contributed by atoms with Crippen molar-refractivity contribution < 1.29 is 5.11 Å². The van der Waals surface area contributed by atoms with E-state index in [1.807, 2.05) is 24.3 Å². The Hall–Kier alpha value is -4.20. The molecule has 210 valence electrons. The number of benzene rings is 4. The van der Waals surface area contributed by atoms with Crippen molar-refractivity contribution in [2.24, 2.45) is 10.9 Å². The third kappa shape index (κ3) is 5.38. The molecule has 1 fully saturated rings. The number of anilines is 2. The zero-order valence-corrected chi connectivity index (χ0v) is 24.2. The first kappa shape index (κ1) is 26.7. The lowest BCUT2D eigenvalue weighted by Gasteiger charge is -2.35. The van der Waals surface area contributed by atoms with E-state index in [9.17, 15) is 5.11 Å². The molecular weight excluding hydrogens is 538 g/mol. The fourth-order valence-corrected chi connectivity index (χ4v) is 7.20. The predicted octanol–water partition coefficient (Wildman–Crippen LogP) is 7.60. The van der Waals surface area contributed by atoms with Gasteiger partial charge in [0.05, 0.1) is 17.8 Å². The number of piperidine rings is 1. The van der Waals surface area contributed by atoms with Gasteiger partial charge in [-0.3, -0.25) is 4.99 Å². The number of aliphatic imine (C=N–C) groups is 1. The van der Waals surface area contributed by atoms with Crippen LogP contribution >= 0.6 is 11.8 Å². The second-order valence-electron chi connectivity index (χ2n) is 10.9. The van der Waals surface area contributed by atoms with E-state index >= 15 is 0 Å². The summed E-state index contributed by atoms with van der Waals surface area (Å²) in [6.07, 6.45) is 4.36. The molecule has 4 aromatic carbocycles. The molecule has 5 aromatic rings. The van der Waals surface area contributed by atoms with Crippen LogP contribution in [0.15, 0.2) is 112 Å². The molecule has 0 amide bonds. The van der Waals surface area contributed by atoms with Crippen LogP contribution in [0.2, 0.25) is 0 Å². The van der Waals surface area contributed by atoms with Gasteiger partial charge in [0.2, 0.25) is 5.95 Å². The van der Waals surface area contributed by atoms with Crippen LogP contribution in [-0.4, -0.2) is 34.4 Å². The van der Waals surface area contributed by atoms with Crippen LogP contribution in [0.25, 0.3) is 10.9 Å². The smallest absolute Gasteiger partial charge is 0.225 e. The fraction of sp³-hybridized carbons (Fsp3) is 0.229. The van der Waals surface area contributed by atoms with Gasteiger partial charge in [0.15, 0.2) is 0 Å². The first-order chi connectivity index (χ1) is 20.8. The van der Waals surface area contributed by atoms with Gasteiger partial charge in [-0.15, -0.1) is 0 Å². The molecule has 1 atom stereocenters. The number of aliphatic hydroxyl groups excluding tert-OH is 1.